The van der Waals surface area contributed by atoms with Crippen molar-refractivity contribution in [2.45, 2.75) is 25.6 Å². The number of aromatic nitrogens is 2. The predicted molar refractivity (Wildman–Crippen MR) is 66.8 cm³/mol. The Balaban J connectivity index is 1.95. The first-order chi connectivity index (χ1) is 8.48. The van der Waals surface area contributed by atoms with Crippen molar-refractivity contribution in [3.63, 3.8) is 0 Å². The Bertz CT molecular complexity index is 470. The van der Waals surface area contributed by atoms with Gasteiger partial charge in [-0.1, -0.05) is 0 Å². The Morgan fingerprint density at radius 1 is 1.67 bits per heavy atom. The second-order valence-corrected chi connectivity index (χ2v) is 5.09. The van der Waals surface area contributed by atoms with Crippen LogP contribution in [0.2, 0.25) is 0 Å². The standard InChI is InChI=1S/C12H19N3O3/c1-12(2)8-13-6-9(18-12)7-17-10-11(16)15(3)5-4-14-10/h4-5,9,13H,6-8H2,1-3H3. The number of nitrogens with zero attached hydrogens (tertiary/aromatic N) is 2. The van der Waals surface area contributed by atoms with E-state index in [1.54, 1.807) is 19.4 Å². The second kappa shape index (κ2) is 5.07. The molecule has 2 rings (SSSR count). The molecule has 6 heteroatoms. The van der Waals surface area contributed by atoms with Crippen molar-refractivity contribution >= 4 is 0 Å². The molecule has 1 atom stereocenters. The van der Waals surface area contributed by atoms with Gasteiger partial charge < -0.3 is 19.4 Å². The monoisotopic (exact) mass is 253 g/mol. The molecule has 1 fully saturated rings. The summed E-state index contributed by atoms with van der Waals surface area (Å²) in [5, 5.41) is 3.28. The van der Waals surface area contributed by atoms with E-state index < -0.39 is 0 Å². The molecule has 6 nitrogen and oxygen atoms in total. The van der Waals surface area contributed by atoms with Gasteiger partial charge in [-0.15, -0.1) is 0 Å². The lowest BCUT2D eigenvalue weighted by Crippen LogP contribution is -2.52. The highest BCUT2D eigenvalue weighted by atomic mass is 16.6. The zero-order valence-electron chi connectivity index (χ0n) is 11.0. The maximum Gasteiger partial charge on any atom is 0.313 e. The summed E-state index contributed by atoms with van der Waals surface area (Å²) in [5.74, 6) is 0.118. The molecule has 0 bridgehead atoms. The van der Waals surface area contributed by atoms with Crippen molar-refractivity contribution < 1.29 is 9.47 Å². The molecule has 0 aliphatic carbocycles. The molecule has 1 unspecified atom stereocenters. The minimum atomic E-state index is -0.236. The van der Waals surface area contributed by atoms with Gasteiger partial charge in [0, 0.05) is 32.5 Å². The maximum absolute atomic E-state index is 11.7. The Hall–Kier alpha value is -1.40. The molecule has 1 aliphatic heterocycles. The quantitative estimate of drug-likeness (QED) is 0.816. The number of ether oxygens (including phenoxy) is 2. The third kappa shape index (κ3) is 3.08. The summed E-state index contributed by atoms with van der Waals surface area (Å²) in [5.41, 5.74) is -0.443. The van der Waals surface area contributed by atoms with Crippen molar-refractivity contribution in [3.8, 4) is 5.88 Å². The van der Waals surface area contributed by atoms with E-state index in [4.69, 9.17) is 9.47 Å². The number of aryl methyl sites for hydroxylation is 1. The van der Waals surface area contributed by atoms with Crippen molar-refractivity contribution in [1.29, 1.82) is 0 Å². The van der Waals surface area contributed by atoms with E-state index in [9.17, 15) is 4.79 Å². The van der Waals surface area contributed by atoms with Crippen molar-refractivity contribution in [3.05, 3.63) is 22.7 Å². The van der Waals surface area contributed by atoms with Gasteiger partial charge in [-0.3, -0.25) is 4.79 Å². The van der Waals surface area contributed by atoms with Crippen LogP contribution in [0.4, 0.5) is 0 Å². The van der Waals surface area contributed by atoms with Gasteiger partial charge in [0.1, 0.15) is 12.7 Å². The zero-order chi connectivity index (χ0) is 13.2. The van der Waals surface area contributed by atoms with Crippen LogP contribution in [-0.2, 0) is 11.8 Å². The first kappa shape index (κ1) is 13.0. The fourth-order valence-electron chi connectivity index (χ4n) is 1.91. The number of morpholine rings is 1. The molecule has 1 aromatic heterocycles. The number of nitrogens with one attached hydrogen (secondary N) is 1. The third-order valence-corrected chi connectivity index (χ3v) is 2.80. The van der Waals surface area contributed by atoms with Crippen LogP contribution in [0, 0.1) is 0 Å². The molecule has 1 N–H and O–H groups in total. The van der Waals surface area contributed by atoms with E-state index >= 15 is 0 Å². The first-order valence-corrected chi connectivity index (χ1v) is 6.01. The molecule has 2 heterocycles. The van der Waals surface area contributed by atoms with Crippen LogP contribution in [0.3, 0.4) is 0 Å². The minimum absolute atomic E-state index is 0.0690. The summed E-state index contributed by atoms with van der Waals surface area (Å²) in [6, 6.07) is 0. The van der Waals surface area contributed by atoms with Gasteiger partial charge >= 0.3 is 5.56 Å². The van der Waals surface area contributed by atoms with Crippen molar-refractivity contribution in [2.75, 3.05) is 19.7 Å². The van der Waals surface area contributed by atoms with E-state index in [1.807, 2.05) is 13.8 Å². The van der Waals surface area contributed by atoms with Gasteiger partial charge in [0.25, 0.3) is 5.88 Å². The van der Waals surface area contributed by atoms with E-state index in [0.29, 0.717) is 6.61 Å². The molecule has 0 spiro atoms. The molecule has 0 radical (unpaired) electrons. The van der Waals surface area contributed by atoms with Crippen LogP contribution in [0.15, 0.2) is 17.2 Å². The maximum atomic E-state index is 11.7. The summed E-state index contributed by atoms with van der Waals surface area (Å²) in [4.78, 5) is 15.6. The van der Waals surface area contributed by atoms with Gasteiger partial charge in [0.15, 0.2) is 0 Å². The summed E-state index contributed by atoms with van der Waals surface area (Å²) in [7, 11) is 1.67. The Morgan fingerprint density at radius 3 is 3.17 bits per heavy atom. The first-order valence-electron chi connectivity index (χ1n) is 6.01. The van der Waals surface area contributed by atoms with Gasteiger partial charge in [-0.2, -0.15) is 0 Å². The van der Waals surface area contributed by atoms with E-state index in [-0.39, 0.29) is 23.1 Å². The minimum Gasteiger partial charge on any atom is -0.471 e. The van der Waals surface area contributed by atoms with Gasteiger partial charge in [0.2, 0.25) is 0 Å². The highest BCUT2D eigenvalue weighted by molar-refractivity contribution is 5.04. The van der Waals surface area contributed by atoms with Gasteiger partial charge in [-0.25, -0.2) is 4.98 Å². The van der Waals surface area contributed by atoms with Crippen LogP contribution in [0.1, 0.15) is 13.8 Å². The van der Waals surface area contributed by atoms with Crippen molar-refractivity contribution in [2.24, 2.45) is 7.05 Å². The van der Waals surface area contributed by atoms with Crippen LogP contribution in [0.25, 0.3) is 0 Å². The van der Waals surface area contributed by atoms with Gasteiger partial charge in [-0.05, 0) is 13.8 Å². The summed E-state index contributed by atoms with van der Waals surface area (Å²) in [6.45, 7) is 5.89. The highest BCUT2D eigenvalue weighted by Gasteiger charge is 2.28. The SMILES string of the molecule is Cn1ccnc(OCC2CNCC(C)(C)O2)c1=O. The molecule has 0 amide bonds. The van der Waals surface area contributed by atoms with Gasteiger partial charge in [0.05, 0.1) is 5.60 Å². The fourth-order valence-corrected chi connectivity index (χ4v) is 1.91. The van der Waals surface area contributed by atoms with E-state index in [2.05, 4.69) is 10.3 Å². The molecule has 1 saturated heterocycles. The molecule has 100 valence electrons. The van der Waals surface area contributed by atoms with E-state index in [0.717, 1.165) is 13.1 Å². The second-order valence-electron chi connectivity index (χ2n) is 5.09. The van der Waals surface area contributed by atoms with Crippen LogP contribution >= 0.6 is 0 Å². The third-order valence-electron chi connectivity index (χ3n) is 2.80. The van der Waals surface area contributed by atoms with Crippen molar-refractivity contribution in [1.82, 2.24) is 14.9 Å². The Labute approximate surface area is 106 Å². The molecule has 1 aliphatic rings. The van der Waals surface area contributed by atoms with Crippen LogP contribution in [-0.4, -0.2) is 41.0 Å². The Kier molecular flexibility index (Phi) is 3.68. The van der Waals surface area contributed by atoms with Crippen LogP contribution < -0.4 is 15.6 Å². The number of hydrogen-bond acceptors (Lipinski definition) is 5. The zero-order valence-corrected chi connectivity index (χ0v) is 11.0. The summed E-state index contributed by atoms with van der Waals surface area (Å²) < 4.78 is 12.7. The number of rotatable bonds is 3. The average molecular weight is 253 g/mol. The summed E-state index contributed by atoms with van der Waals surface area (Å²) >= 11 is 0. The molecule has 18 heavy (non-hydrogen) atoms. The lowest BCUT2D eigenvalue weighted by atomic mass is 10.1. The average Bonchev–Trinajstić information content (AvgIpc) is 2.30. The largest absolute Gasteiger partial charge is 0.471 e. The normalized spacial score (nSPS) is 22.7. The fraction of sp³-hybridized carbons (Fsp3) is 0.667. The summed E-state index contributed by atoms with van der Waals surface area (Å²) in [6.07, 6.45) is 3.07. The van der Waals surface area contributed by atoms with E-state index in [1.165, 1.54) is 4.57 Å². The molecule has 0 saturated carbocycles. The predicted octanol–water partition coefficient (Wildman–Crippen LogP) is -0.0739. The number of hydrogen-bond donors (Lipinski definition) is 1. The lowest BCUT2D eigenvalue weighted by molar-refractivity contribution is -0.107. The lowest BCUT2D eigenvalue weighted by Gasteiger charge is -2.36. The Morgan fingerprint density at radius 2 is 2.44 bits per heavy atom. The molecular formula is C12H19N3O3. The van der Waals surface area contributed by atoms with Crippen LogP contribution in [0.5, 0.6) is 5.88 Å². The smallest absolute Gasteiger partial charge is 0.313 e. The molecular weight excluding hydrogens is 234 g/mol. The topological polar surface area (TPSA) is 65.4 Å². The highest BCUT2D eigenvalue weighted by Crippen LogP contribution is 2.15. The molecule has 0 aromatic carbocycles. The molecule has 1 aromatic rings.